The molecule has 5 atom stereocenters. The predicted molar refractivity (Wildman–Crippen MR) is 196 cm³/mol. The molecule has 9 nitrogen and oxygen atoms in total. The third-order valence-electron chi connectivity index (χ3n) is 10.9. The summed E-state index contributed by atoms with van der Waals surface area (Å²) in [5.41, 5.74) is -0.681. The second kappa shape index (κ2) is 14.8. The molecule has 2 bridgehead atoms. The van der Waals surface area contributed by atoms with Crippen molar-refractivity contribution < 1.29 is 29.0 Å². The van der Waals surface area contributed by atoms with Gasteiger partial charge in [0.05, 0.1) is 24.0 Å². The summed E-state index contributed by atoms with van der Waals surface area (Å²) in [6.07, 6.45) is 6.88. The lowest BCUT2D eigenvalue weighted by Gasteiger charge is -2.37. The van der Waals surface area contributed by atoms with Crippen LogP contribution in [0, 0.1) is 11.8 Å². The molecule has 3 aliphatic rings. The normalized spacial score (nSPS) is 25.1. The van der Waals surface area contributed by atoms with Gasteiger partial charge < -0.3 is 29.3 Å². The van der Waals surface area contributed by atoms with Gasteiger partial charge in [0.2, 0.25) is 11.8 Å². The number of carbonyl (C=O) groups is 3. The van der Waals surface area contributed by atoms with Crippen molar-refractivity contribution in [2.75, 3.05) is 42.6 Å². The molecule has 3 aromatic rings. The first-order valence-electron chi connectivity index (χ1n) is 18.0. The predicted octanol–water partition coefficient (Wildman–Crippen LogP) is 6.29. The molecule has 2 unspecified atom stereocenters. The SMILES string of the molecule is C=CCN(C(=O)C1N(CCCCCO)C(=O)[C@@H]2[C@H](C(=O)N(CC=C)c3ccc(OCC)cc3)[C@]3(CC)CCC12O3)c1ccc2ccccc2c1. The van der Waals surface area contributed by atoms with Gasteiger partial charge in [-0.1, -0.05) is 49.4 Å². The van der Waals surface area contributed by atoms with Crippen LogP contribution < -0.4 is 14.5 Å². The first-order valence-corrected chi connectivity index (χ1v) is 18.0. The van der Waals surface area contributed by atoms with Crippen LogP contribution in [0.5, 0.6) is 5.75 Å². The molecule has 3 heterocycles. The van der Waals surface area contributed by atoms with Crippen LogP contribution in [0.25, 0.3) is 10.8 Å². The molecule has 264 valence electrons. The maximum absolute atomic E-state index is 15.1. The zero-order chi connectivity index (χ0) is 35.5. The number of rotatable bonds is 16. The summed E-state index contributed by atoms with van der Waals surface area (Å²) in [5.74, 6) is -1.58. The molecule has 0 aliphatic carbocycles. The highest BCUT2D eigenvalue weighted by Gasteiger charge is 2.79. The van der Waals surface area contributed by atoms with E-state index >= 15 is 4.79 Å². The second-order valence-electron chi connectivity index (χ2n) is 13.6. The third-order valence-corrected chi connectivity index (χ3v) is 10.9. The standard InChI is InChI=1S/C41H49N3O6/c1-5-24-42(31-18-20-33(21-19-31)49-8-4)37(46)34-35-38(47)44(26-12-9-13-27-45)36(41(35)23-22-40(34,7-3)50-41)39(48)43(25-6-2)32-17-16-29-14-10-11-15-30(29)28-32/h5-6,10-11,14-21,28,34-36,45H,1-2,7-9,12-13,22-27H2,3-4H3/t34-,35+,36?,40+,41?/m1/s1. The van der Waals surface area contributed by atoms with Crippen molar-refractivity contribution in [3.63, 3.8) is 0 Å². The Morgan fingerprint density at radius 3 is 2.26 bits per heavy atom. The molecule has 1 spiro atoms. The van der Waals surface area contributed by atoms with Crippen molar-refractivity contribution >= 4 is 39.9 Å². The number of anilines is 2. The van der Waals surface area contributed by atoms with Gasteiger partial charge >= 0.3 is 0 Å². The first-order chi connectivity index (χ1) is 24.3. The second-order valence-corrected chi connectivity index (χ2v) is 13.6. The van der Waals surface area contributed by atoms with Crippen LogP contribution >= 0.6 is 0 Å². The number of unbranched alkanes of at least 4 members (excludes halogenated alkanes) is 2. The fourth-order valence-corrected chi connectivity index (χ4v) is 8.64. The minimum Gasteiger partial charge on any atom is -0.494 e. The average molecular weight is 680 g/mol. The Morgan fingerprint density at radius 1 is 0.920 bits per heavy atom. The highest BCUT2D eigenvalue weighted by molar-refractivity contribution is 6.07. The van der Waals surface area contributed by atoms with Crippen molar-refractivity contribution in [1.82, 2.24) is 4.90 Å². The molecule has 0 saturated carbocycles. The Hall–Kier alpha value is -4.47. The fraction of sp³-hybridized carbons (Fsp3) is 0.439. The molecule has 0 radical (unpaired) electrons. The number of nitrogens with zero attached hydrogens (tertiary/aromatic N) is 3. The topological polar surface area (TPSA) is 99.6 Å². The smallest absolute Gasteiger partial charge is 0.253 e. The lowest BCUT2D eigenvalue weighted by atomic mass is 9.64. The maximum Gasteiger partial charge on any atom is 0.253 e. The fourth-order valence-electron chi connectivity index (χ4n) is 8.64. The largest absolute Gasteiger partial charge is 0.494 e. The van der Waals surface area contributed by atoms with Crippen LogP contribution in [-0.4, -0.2) is 77.8 Å². The van der Waals surface area contributed by atoms with Gasteiger partial charge in [-0.05, 0) is 92.6 Å². The number of likely N-dealkylation sites (tertiary alicyclic amines) is 1. The van der Waals surface area contributed by atoms with E-state index in [1.807, 2.05) is 80.6 Å². The third kappa shape index (κ3) is 6.00. The van der Waals surface area contributed by atoms with E-state index in [9.17, 15) is 14.7 Å². The highest BCUT2D eigenvalue weighted by Crippen LogP contribution is 2.65. The molecule has 6 rings (SSSR count). The minimum absolute atomic E-state index is 0.0569. The zero-order valence-electron chi connectivity index (χ0n) is 29.3. The van der Waals surface area contributed by atoms with Crippen molar-refractivity contribution in [3.8, 4) is 5.75 Å². The lowest BCUT2D eigenvalue weighted by molar-refractivity contribution is -0.146. The Kier molecular flexibility index (Phi) is 10.5. The number of amides is 3. The number of hydrogen-bond donors (Lipinski definition) is 1. The van der Waals surface area contributed by atoms with E-state index in [-0.39, 0.29) is 37.4 Å². The zero-order valence-corrected chi connectivity index (χ0v) is 29.3. The summed E-state index contributed by atoms with van der Waals surface area (Å²) in [4.78, 5) is 49.9. The summed E-state index contributed by atoms with van der Waals surface area (Å²) in [6.45, 7) is 13.2. The number of fused-ring (bicyclic) bond motifs is 2. The summed E-state index contributed by atoms with van der Waals surface area (Å²) in [6, 6.07) is 20.3. The van der Waals surface area contributed by atoms with Crippen LogP contribution in [0.2, 0.25) is 0 Å². The number of aliphatic hydroxyl groups excluding tert-OH is 1. The van der Waals surface area contributed by atoms with E-state index in [2.05, 4.69) is 13.2 Å². The number of hydrogen-bond acceptors (Lipinski definition) is 6. The molecule has 0 aromatic heterocycles. The Labute approximate surface area is 295 Å². The van der Waals surface area contributed by atoms with Gasteiger partial charge in [0.1, 0.15) is 17.4 Å². The molecule has 3 fully saturated rings. The quantitative estimate of drug-likeness (QED) is 0.141. The van der Waals surface area contributed by atoms with Gasteiger partial charge in [0.15, 0.2) is 0 Å². The van der Waals surface area contributed by atoms with Gasteiger partial charge in [0.25, 0.3) is 5.91 Å². The molecular weight excluding hydrogens is 630 g/mol. The molecule has 3 amide bonds. The van der Waals surface area contributed by atoms with Gasteiger partial charge in [-0.15, -0.1) is 13.2 Å². The van der Waals surface area contributed by atoms with Crippen molar-refractivity contribution in [2.45, 2.75) is 69.6 Å². The van der Waals surface area contributed by atoms with E-state index in [0.717, 1.165) is 10.8 Å². The number of benzene rings is 3. The van der Waals surface area contributed by atoms with E-state index in [1.165, 1.54) is 0 Å². The summed E-state index contributed by atoms with van der Waals surface area (Å²) in [5, 5.41) is 11.5. The van der Waals surface area contributed by atoms with Crippen LogP contribution in [0.3, 0.4) is 0 Å². The van der Waals surface area contributed by atoms with Gasteiger partial charge in [-0.25, -0.2) is 0 Å². The van der Waals surface area contributed by atoms with Crippen molar-refractivity contribution in [1.29, 1.82) is 0 Å². The summed E-state index contributed by atoms with van der Waals surface area (Å²) >= 11 is 0. The molecular formula is C41H49N3O6. The van der Waals surface area contributed by atoms with E-state index < -0.39 is 29.1 Å². The molecule has 3 aromatic carbocycles. The Bertz CT molecular complexity index is 1740. The van der Waals surface area contributed by atoms with Gasteiger partial charge in [0, 0.05) is 37.6 Å². The van der Waals surface area contributed by atoms with Crippen molar-refractivity contribution in [2.24, 2.45) is 11.8 Å². The molecule has 50 heavy (non-hydrogen) atoms. The monoisotopic (exact) mass is 679 g/mol. The highest BCUT2D eigenvalue weighted by atomic mass is 16.5. The summed E-state index contributed by atoms with van der Waals surface area (Å²) in [7, 11) is 0. The average Bonchev–Trinajstić information content (AvgIpc) is 3.74. The Morgan fingerprint density at radius 2 is 1.60 bits per heavy atom. The molecule has 9 heteroatoms. The van der Waals surface area contributed by atoms with Crippen LogP contribution in [0.1, 0.15) is 52.4 Å². The number of aliphatic hydroxyl groups is 1. The van der Waals surface area contributed by atoms with Crippen LogP contribution in [0.4, 0.5) is 11.4 Å². The van der Waals surface area contributed by atoms with Gasteiger partial charge in [-0.2, -0.15) is 0 Å². The van der Waals surface area contributed by atoms with Gasteiger partial charge in [-0.3, -0.25) is 14.4 Å². The van der Waals surface area contributed by atoms with Crippen LogP contribution in [-0.2, 0) is 19.1 Å². The van der Waals surface area contributed by atoms with E-state index in [1.54, 1.807) is 26.9 Å². The number of ether oxygens (including phenoxy) is 2. The Balaban J connectivity index is 1.42. The summed E-state index contributed by atoms with van der Waals surface area (Å²) < 4.78 is 12.7. The molecule has 1 N–H and O–H groups in total. The van der Waals surface area contributed by atoms with E-state index in [4.69, 9.17) is 9.47 Å². The van der Waals surface area contributed by atoms with E-state index in [0.29, 0.717) is 68.8 Å². The maximum atomic E-state index is 15.1. The minimum atomic E-state index is -1.17. The molecule has 3 aliphatic heterocycles. The van der Waals surface area contributed by atoms with Crippen molar-refractivity contribution in [3.05, 3.63) is 92.0 Å². The van der Waals surface area contributed by atoms with Crippen LogP contribution in [0.15, 0.2) is 92.0 Å². The lowest BCUT2D eigenvalue weighted by Crippen LogP contribution is -2.56. The first kappa shape index (κ1) is 35.4. The molecule has 3 saturated heterocycles. The number of carbonyl (C=O) groups excluding carboxylic acids is 3.